The minimum Gasteiger partial charge on any atom is -0.480 e. The molecule has 0 aliphatic rings. The van der Waals surface area contributed by atoms with Crippen molar-refractivity contribution in [3.63, 3.8) is 0 Å². The van der Waals surface area contributed by atoms with Crippen LogP contribution >= 0.6 is 27.5 Å². The van der Waals surface area contributed by atoms with Gasteiger partial charge in [-0.15, -0.1) is 0 Å². The molecule has 0 amide bonds. The van der Waals surface area contributed by atoms with Crippen molar-refractivity contribution in [2.24, 2.45) is 5.84 Å². The summed E-state index contributed by atoms with van der Waals surface area (Å²) in [6.45, 7) is 0. The van der Waals surface area contributed by atoms with Gasteiger partial charge >= 0.3 is 0 Å². The van der Waals surface area contributed by atoms with Gasteiger partial charge in [0.05, 0.1) is 26.5 Å². The summed E-state index contributed by atoms with van der Waals surface area (Å²) in [5, 5.41) is 0.583. The van der Waals surface area contributed by atoms with Crippen LogP contribution < -0.4 is 20.7 Å². The van der Waals surface area contributed by atoms with Gasteiger partial charge in [0.2, 0.25) is 11.8 Å². The molecule has 2 rings (SSSR count). The molecule has 0 saturated carbocycles. The Hall–Kier alpha value is -1.41. The van der Waals surface area contributed by atoms with Gasteiger partial charge in [-0.3, -0.25) is 5.84 Å². The first-order chi connectivity index (χ1) is 10.1. The lowest BCUT2D eigenvalue weighted by Gasteiger charge is -2.18. The number of nitrogens with one attached hydrogen (secondary N) is 1. The molecule has 112 valence electrons. The molecule has 6 nitrogen and oxygen atoms in total. The summed E-state index contributed by atoms with van der Waals surface area (Å²) in [6.07, 6.45) is 1.50. The van der Waals surface area contributed by atoms with Crippen LogP contribution in [0.1, 0.15) is 17.3 Å². The predicted octanol–water partition coefficient (Wildman–Crippen LogP) is 2.46. The molecule has 0 spiro atoms. The van der Waals surface area contributed by atoms with Gasteiger partial charge in [0.15, 0.2) is 0 Å². The van der Waals surface area contributed by atoms with Crippen LogP contribution in [0, 0.1) is 0 Å². The van der Waals surface area contributed by atoms with E-state index in [1.807, 2.05) is 6.07 Å². The Balaban J connectivity index is 2.50. The van der Waals surface area contributed by atoms with Gasteiger partial charge in [-0.2, -0.15) is 4.98 Å². The van der Waals surface area contributed by atoms with E-state index in [4.69, 9.17) is 26.9 Å². The Morgan fingerprint density at radius 1 is 1.29 bits per heavy atom. The molecule has 0 fully saturated rings. The molecule has 1 aromatic carbocycles. The summed E-state index contributed by atoms with van der Waals surface area (Å²) in [4.78, 5) is 8.52. The first-order valence-electron chi connectivity index (χ1n) is 5.96. The number of benzene rings is 1. The number of nitrogens with two attached hydrogens (primary N) is 1. The molecule has 0 radical (unpaired) electrons. The number of halogens is 2. The number of ether oxygens (including phenoxy) is 2. The van der Waals surface area contributed by atoms with Crippen LogP contribution in [0.3, 0.4) is 0 Å². The van der Waals surface area contributed by atoms with Crippen molar-refractivity contribution in [3.8, 4) is 11.8 Å². The maximum absolute atomic E-state index is 6.07. The summed E-state index contributed by atoms with van der Waals surface area (Å²) in [5.41, 5.74) is 4.06. The molecule has 1 heterocycles. The molecule has 0 saturated heterocycles. The lowest BCUT2D eigenvalue weighted by molar-refractivity contribution is 0.352. The third kappa shape index (κ3) is 3.62. The van der Waals surface area contributed by atoms with Gasteiger partial charge in [-0.05, 0) is 23.8 Å². The van der Waals surface area contributed by atoms with Gasteiger partial charge < -0.3 is 9.47 Å². The van der Waals surface area contributed by atoms with E-state index in [0.717, 1.165) is 10.0 Å². The summed E-state index contributed by atoms with van der Waals surface area (Å²) < 4.78 is 11.1. The molecule has 2 aromatic rings. The van der Waals surface area contributed by atoms with Gasteiger partial charge in [0.1, 0.15) is 5.69 Å². The molecule has 0 bridgehead atoms. The molecular weight excluding hydrogens is 360 g/mol. The highest BCUT2D eigenvalue weighted by molar-refractivity contribution is 9.10. The van der Waals surface area contributed by atoms with Crippen LogP contribution in [-0.4, -0.2) is 24.2 Å². The second-order valence-corrected chi connectivity index (χ2v) is 5.46. The van der Waals surface area contributed by atoms with Crippen molar-refractivity contribution in [1.29, 1.82) is 0 Å². The Bertz CT molecular complexity index is 621. The van der Waals surface area contributed by atoms with Gasteiger partial charge in [-0.25, -0.2) is 10.4 Å². The van der Waals surface area contributed by atoms with E-state index in [-0.39, 0.29) is 0 Å². The predicted molar refractivity (Wildman–Crippen MR) is 83.5 cm³/mol. The molecule has 21 heavy (non-hydrogen) atoms. The standard InChI is InChI=1S/C13H14BrClN4O2/c1-20-10-6-17-12(13(18-10)21-2)11(19-16)7-3-8(14)5-9(15)4-7/h3-6,11,19H,16H2,1-2H3. The smallest absolute Gasteiger partial charge is 0.240 e. The highest BCUT2D eigenvalue weighted by Crippen LogP contribution is 2.31. The normalized spacial score (nSPS) is 12.0. The largest absolute Gasteiger partial charge is 0.480 e. The number of hydrogen-bond acceptors (Lipinski definition) is 6. The number of hydrazine groups is 1. The maximum atomic E-state index is 6.07. The Morgan fingerprint density at radius 3 is 2.62 bits per heavy atom. The number of rotatable bonds is 5. The maximum Gasteiger partial charge on any atom is 0.240 e. The van der Waals surface area contributed by atoms with Crippen molar-refractivity contribution in [2.75, 3.05) is 14.2 Å². The van der Waals surface area contributed by atoms with E-state index in [2.05, 4.69) is 31.3 Å². The average molecular weight is 374 g/mol. The van der Waals surface area contributed by atoms with E-state index in [1.165, 1.54) is 20.4 Å². The fourth-order valence-corrected chi connectivity index (χ4v) is 2.77. The minimum absolute atomic E-state index is 0.327. The number of hydrogen-bond donors (Lipinski definition) is 2. The van der Waals surface area contributed by atoms with Crippen LogP contribution in [0.25, 0.3) is 0 Å². The molecule has 1 atom stereocenters. The van der Waals surface area contributed by atoms with Crippen molar-refractivity contribution in [3.05, 3.63) is 45.1 Å². The SMILES string of the molecule is COc1cnc(C(NN)c2cc(Cl)cc(Br)c2)c(OC)n1. The number of methoxy groups -OCH3 is 2. The van der Waals surface area contributed by atoms with Crippen molar-refractivity contribution in [1.82, 2.24) is 15.4 Å². The summed E-state index contributed by atoms with van der Waals surface area (Å²) in [5.74, 6) is 6.36. The monoisotopic (exact) mass is 372 g/mol. The van der Waals surface area contributed by atoms with Gasteiger partial charge in [-0.1, -0.05) is 27.5 Å². The van der Waals surface area contributed by atoms with E-state index in [1.54, 1.807) is 12.1 Å². The Kier molecular flexibility index (Phi) is 5.35. The molecule has 1 unspecified atom stereocenters. The fraction of sp³-hybridized carbons (Fsp3) is 0.231. The number of nitrogens with zero attached hydrogens (tertiary/aromatic N) is 2. The summed E-state index contributed by atoms with van der Waals surface area (Å²) in [7, 11) is 3.02. The van der Waals surface area contributed by atoms with E-state index in [9.17, 15) is 0 Å². The lowest BCUT2D eigenvalue weighted by Crippen LogP contribution is -2.30. The molecule has 8 heteroatoms. The third-order valence-electron chi connectivity index (χ3n) is 2.81. The van der Waals surface area contributed by atoms with Crippen LogP contribution in [0.15, 0.2) is 28.9 Å². The second kappa shape index (κ2) is 7.04. The lowest BCUT2D eigenvalue weighted by atomic mass is 10.0. The Morgan fingerprint density at radius 2 is 2.05 bits per heavy atom. The second-order valence-electron chi connectivity index (χ2n) is 4.11. The quantitative estimate of drug-likeness (QED) is 0.619. The summed E-state index contributed by atoms with van der Waals surface area (Å²) >= 11 is 9.48. The van der Waals surface area contributed by atoms with Crippen molar-refractivity contribution in [2.45, 2.75) is 6.04 Å². The summed E-state index contributed by atoms with van der Waals surface area (Å²) in [6, 6.07) is 5.05. The molecular formula is C13H14BrClN4O2. The molecule has 0 aliphatic heterocycles. The van der Waals surface area contributed by atoms with E-state index >= 15 is 0 Å². The molecule has 0 aliphatic carbocycles. The molecule has 3 N–H and O–H groups in total. The average Bonchev–Trinajstić information content (AvgIpc) is 2.47. The minimum atomic E-state index is -0.423. The number of aromatic nitrogens is 2. The van der Waals surface area contributed by atoms with Crippen LogP contribution in [0.4, 0.5) is 0 Å². The van der Waals surface area contributed by atoms with Gasteiger partial charge in [0, 0.05) is 9.50 Å². The van der Waals surface area contributed by atoms with Crippen LogP contribution in [-0.2, 0) is 0 Å². The highest BCUT2D eigenvalue weighted by atomic mass is 79.9. The topological polar surface area (TPSA) is 82.3 Å². The Labute approximate surface area is 135 Å². The zero-order chi connectivity index (χ0) is 15.4. The van der Waals surface area contributed by atoms with Crippen molar-refractivity contribution < 1.29 is 9.47 Å². The third-order valence-corrected chi connectivity index (χ3v) is 3.48. The van der Waals surface area contributed by atoms with Gasteiger partial charge in [0.25, 0.3) is 0 Å². The zero-order valence-electron chi connectivity index (χ0n) is 11.4. The van der Waals surface area contributed by atoms with Crippen LogP contribution in [0.2, 0.25) is 5.02 Å². The fourth-order valence-electron chi connectivity index (χ4n) is 1.89. The van der Waals surface area contributed by atoms with E-state index < -0.39 is 6.04 Å². The van der Waals surface area contributed by atoms with Crippen LogP contribution in [0.5, 0.6) is 11.8 Å². The first kappa shape index (κ1) is 16.0. The van der Waals surface area contributed by atoms with E-state index in [0.29, 0.717) is 22.5 Å². The zero-order valence-corrected chi connectivity index (χ0v) is 13.8. The molecule has 1 aromatic heterocycles. The van der Waals surface area contributed by atoms with Crippen molar-refractivity contribution >= 4 is 27.5 Å². The first-order valence-corrected chi connectivity index (χ1v) is 7.13. The highest BCUT2D eigenvalue weighted by Gasteiger charge is 2.21.